The SMILES string of the molecule is COC(=O)[C@@H](Cc1ccc(C(=O)OC(C)(C)C)cc1)NC(=O)CC(C)C. The van der Waals surface area contributed by atoms with Gasteiger partial charge in [-0.3, -0.25) is 4.79 Å². The van der Waals surface area contributed by atoms with E-state index in [9.17, 15) is 14.4 Å². The normalized spacial score (nSPS) is 12.4. The molecule has 0 radical (unpaired) electrons. The highest BCUT2D eigenvalue weighted by molar-refractivity contribution is 5.89. The van der Waals surface area contributed by atoms with E-state index in [0.717, 1.165) is 5.56 Å². The minimum atomic E-state index is -0.765. The fourth-order valence-corrected chi connectivity index (χ4v) is 2.31. The standard InChI is InChI=1S/C20H29NO5/c1-13(2)11-17(22)21-16(19(24)25-6)12-14-7-9-15(10-8-14)18(23)26-20(3,4)5/h7-10,13,16H,11-12H2,1-6H3,(H,21,22)/t16-/m1/s1. The monoisotopic (exact) mass is 363 g/mol. The first-order valence-corrected chi connectivity index (χ1v) is 8.71. The van der Waals surface area contributed by atoms with Gasteiger partial charge in [0, 0.05) is 12.8 Å². The molecule has 0 unspecified atom stereocenters. The van der Waals surface area contributed by atoms with Crippen LogP contribution in [0.4, 0.5) is 0 Å². The summed E-state index contributed by atoms with van der Waals surface area (Å²) in [6, 6.07) is 6.01. The van der Waals surface area contributed by atoms with E-state index in [1.807, 2.05) is 13.8 Å². The van der Waals surface area contributed by atoms with Crippen molar-refractivity contribution in [3.63, 3.8) is 0 Å². The summed E-state index contributed by atoms with van der Waals surface area (Å²) in [6.45, 7) is 9.28. The van der Waals surface area contributed by atoms with Crippen LogP contribution in [-0.2, 0) is 25.5 Å². The molecule has 1 rings (SSSR count). The lowest BCUT2D eigenvalue weighted by molar-refractivity contribution is -0.145. The highest BCUT2D eigenvalue weighted by Crippen LogP contribution is 2.14. The van der Waals surface area contributed by atoms with Gasteiger partial charge in [-0.1, -0.05) is 26.0 Å². The Hall–Kier alpha value is -2.37. The molecule has 0 heterocycles. The van der Waals surface area contributed by atoms with Crippen molar-refractivity contribution in [3.8, 4) is 0 Å². The lowest BCUT2D eigenvalue weighted by Crippen LogP contribution is -2.43. The quantitative estimate of drug-likeness (QED) is 0.753. The number of benzene rings is 1. The molecule has 0 saturated heterocycles. The maximum Gasteiger partial charge on any atom is 0.338 e. The molecule has 26 heavy (non-hydrogen) atoms. The molecule has 0 aromatic heterocycles. The van der Waals surface area contributed by atoms with Crippen molar-refractivity contribution < 1.29 is 23.9 Å². The number of esters is 2. The Balaban J connectivity index is 2.80. The van der Waals surface area contributed by atoms with Gasteiger partial charge in [0.1, 0.15) is 11.6 Å². The average Bonchev–Trinajstić information content (AvgIpc) is 2.51. The first-order chi connectivity index (χ1) is 12.0. The molecule has 6 nitrogen and oxygen atoms in total. The van der Waals surface area contributed by atoms with Crippen molar-refractivity contribution in [2.45, 2.75) is 59.1 Å². The molecule has 1 atom stereocenters. The highest BCUT2D eigenvalue weighted by Gasteiger charge is 2.23. The van der Waals surface area contributed by atoms with Crippen molar-refractivity contribution >= 4 is 17.8 Å². The van der Waals surface area contributed by atoms with Gasteiger partial charge in [-0.2, -0.15) is 0 Å². The summed E-state index contributed by atoms with van der Waals surface area (Å²) in [5.74, 6) is -0.903. The van der Waals surface area contributed by atoms with Crippen LogP contribution in [-0.4, -0.2) is 36.6 Å². The molecule has 144 valence electrons. The maximum absolute atomic E-state index is 12.0. The summed E-state index contributed by atoms with van der Waals surface area (Å²) in [7, 11) is 1.29. The number of ether oxygens (including phenoxy) is 2. The number of amides is 1. The minimum Gasteiger partial charge on any atom is -0.467 e. The van der Waals surface area contributed by atoms with E-state index >= 15 is 0 Å². The fourth-order valence-electron chi connectivity index (χ4n) is 2.31. The fraction of sp³-hybridized carbons (Fsp3) is 0.550. The van der Waals surface area contributed by atoms with Crippen LogP contribution in [0.15, 0.2) is 24.3 Å². The third-order valence-corrected chi connectivity index (χ3v) is 3.44. The van der Waals surface area contributed by atoms with Gasteiger partial charge in [0.25, 0.3) is 0 Å². The topological polar surface area (TPSA) is 81.7 Å². The lowest BCUT2D eigenvalue weighted by Gasteiger charge is -2.20. The zero-order valence-electron chi connectivity index (χ0n) is 16.4. The zero-order valence-corrected chi connectivity index (χ0v) is 16.4. The van der Waals surface area contributed by atoms with E-state index in [-0.39, 0.29) is 18.2 Å². The van der Waals surface area contributed by atoms with Crippen LogP contribution >= 0.6 is 0 Å². The second-order valence-corrected chi connectivity index (χ2v) is 7.64. The number of carbonyl (C=O) groups excluding carboxylic acids is 3. The van der Waals surface area contributed by atoms with Crippen LogP contribution in [0.3, 0.4) is 0 Å². The molecule has 0 aliphatic carbocycles. The third kappa shape index (κ3) is 7.68. The second-order valence-electron chi connectivity index (χ2n) is 7.64. The Morgan fingerprint density at radius 3 is 2.12 bits per heavy atom. The molecule has 1 aromatic rings. The Morgan fingerprint density at radius 2 is 1.65 bits per heavy atom. The largest absolute Gasteiger partial charge is 0.467 e. The Kier molecular flexibility index (Phi) is 7.80. The number of methoxy groups -OCH3 is 1. The van der Waals surface area contributed by atoms with Crippen LogP contribution in [0.1, 0.15) is 57.0 Å². The molecule has 1 aromatic carbocycles. The van der Waals surface area contributed by atoms with Gasteiger partial charge in [-0.05, 0) is 44.4 Å². The molecule has 1 amide bonds. The predicted molar refractivity (Wildman–Crippen MR) is 98.7 cm³/mol. The van der Waals surface area contributed by atoms with Gasteiger partial charge in [-0.25, -0.2) is 9.59 Å². The van der Waals surface area contributed by atoms with Crippen molar-refractivity contribution in [2.75, 3.05) is 7.11 Å². The second kappa shape index (κ2) is 9.36. The van der Waals surface area contributed by atoms with E-state index in [1.165, 1.54) is 7.11 Å². The molecule has 0 fully saturated rings. The van der Waals surface area contributed by atoms with Gasteiger partial charge in [-0.15, -0.1) is 0 Å². The van der Waals surface area contributed by atoms with Crippen LogP contribution in [0.25, 0.3) is 0 Å². The number of rotatable bonds is 7. The summed E-state index contributed by atoms with van der Waals surface area (Å²) in [5.41, 5.74) is 0.673. The van der Waals surface area contributed by atoms with E-state index < -0.39 is 23.6 Å². The first-order valence-electron chi connectivity index (χ1n) is 8.71. The van der Waals surface area contributed by atoms with Gasteiger partial charge >= 0.3 is 11.9 Å². The van der Waals surface area contributed by atoms with Crippen molar-refractivity contribution in [3.05, 3.63) is 35.4 Å². The summed E-state index contributed by atoms with van der Waals surface area (Å²) in [5, 5.41) is 2.71. The number of nitrogens with one attached hydrogen (secondary N) is 1. The molecule has 0 spiro atoms. The van der Waals surface area contributed by atoms with E-state index in [1.54, 1.807) is 45.0 Å². The number of hydrogen-bond acceptors (Lipinski definition) is 5. The van der Waals surface area contributed by atoms with Crippen LogP contribution in [0, 0.1) is 5.92 Å². The highest BCUT2D eigenvalue weighted by atomic mass is 16.6. The zero-order chi connectivity index (χ0) is 19.9. The molecule has 6 heteroatoms. The molecule has 0 bridgehead atoms. The van der Waals surface area contributed by atoms with E-state index in [0.29, 0.717) is 12.0 Å². The van der Waals surface area contributed by atoms with Crippen molar-refractivity contribution in [1.82, 2.24) is 5.32 Å². The Labute approximate surface area is 155 Å². The molecule has 0 aliphatic heterocycles. The lowest BCUT2D eigenvalue weighted by atomic mass is 10.0. The maximum atomic E-state index is 12.0. The van der Waals surface area contributed by atoms with E-state index in [2.05, 4.69) is 5.32 Å². The summed E-state index contributed by atoms with van der Waals surface area (Å²) in [6.07, 6.45) is 0.621. The van der Waals surface area contributed by atoms with Crippen LogP contribution in [0.5, 0.6) is 0 Å². The minimum absolute atomic E-state index is 0.194. The molecular formula is C20H29NO5. The van der Waals surface area contributed by atoms with Gasteiger partial charge < -0.3 is 14.8 Å². The number of carbonyl (C=O) groups is 3. The predicted octanol–water partition coefficient (Wildman–Crippen LogP) is 2.89. The number of hydrogen-bond donors (Lipinski definition) is 1. The van der Waals surface area contributed by atoms with E-state index in [4.69, 9.17) is 9.47 Å². The van der Waals surface area contributed by atoms with Crippen molar-refractivity contribution in [2.24, 2.45) is 5.92 Å². The summed E-state index contributed by atoms with van der Waals surface area (Å²) >= 11 is 0. The average molecular weight is 363 g/mol. The van der Waals surface area contributed by atoms with Gasteiger partial charge in [0.05, 0.1) is 12.7 Å². The first kappa shape index (κ1) is 21.7. The van der Waals surface area contributed by atoms with Gasteiger partial charge in [0.15, 0.2) is 0 Å². The Morgan fingerprint density at radius 1 is 1.08 bits per heavy atom. The molecule has 0 aliphatic rings. The van der Waals surface area contributed by atoms with Crippen LogP contribution < -0.4 is 5.32 Å². The molecular weight excluding hydrogens is 334 g/mol. The van der Waals surface area contributed by atoms with Gasteiger partial charge in [0.2, 0.25) is 5.91 Å². The molecule has 1 N–H and O–H groups in total. The van der Waals surface area contributed by atoms with Crippen LogP contribution in [0.2, 0.25) is 0 Å². The Bertz CT molecular complexity index is 629. The summed E-state index contributed by atoms with van der Waals surface area (Å²) in [4.78, 5) is 36.0. The molecule has 0 saturated carbocycles. The summed E-state index contributed by atoms with van der Waals surface area (Å²) < 4.78 is 10.1. The van der Waals surface area contributed by atoms with Crippen molar-refractivity contribution in [1.29, 1.82) is 0 Å². The third-order valence-electron chi connectivity index (χ3n) is 3.44. The smallest absolute Gasteiger partial charge is 0.338 e.